The standard InChI is InChI=1S/C21H23ClN4O2S/c1-28-18-5-3-2-4-16(18)21(27)26-20(24-13-15-6-7-19(22)29-15)12-17(25-26)14-8-10-23-11-9-14/h2-7,12,14,23-24H,8-11,13H2,1H3. The molecule has 0 amide bonds. The number of nitrogens with zero attached hydrogens (tertiary/aromatic N) is 2. The lowest BCUT2D eigenvalue weighted by atomic mass is 9.95. The van der Waals surface area contributed by atoms with E-state index >= 15 is 0 Å². The molecule has 1 fully saturated rings. The van der Waals surface area contributed by atoms with Crippen LogP contribution < -0.4 is 15.4 Å². The highest BCUT2D eigenvalue weighted by atomic mass is 35.5. The number of anilines is 1. The number of para-hydroxylation sites is 1. The van der Waals surface area contributed by atoms with Gasteiger partial charge < -0.3 is 15.4 Å². The van der Waals surface area contributed by atoms with Crippen molar-refractivity contribution in [3.63, 3.8) is 0 Å². The average molecular weight is 431 g/mol. The Kier molecular flexibility index (Phi) is 6.18. The number of thiophene rings is 1. The van der Waals surface area contributed by atoms with E-state index in [1.165, 1.54) is 16.0 Å². The number of ether oxygens (including phenoxy) is 1. The maximum atomic E-state index is 13.3. The molecule has 0 radical (unpaired) electrons. The number of hydrogen-bond acceptors (Lipinski definition) is 6. The van der Waals surface area contributed by atoms with Crippen LogP contribution in [0.25, 0.3) is 0 Å². The quantitative estimate of drug-likeness (QED) is 0.607. The second-order valence-electron chi connectivity index (χ2n) is 6.96. The Labute approximate surface area is 178 Å². The van der Waals surface area contributed by atoms with Crippen LogP contribution in [0.1, 0.15) is 39.7 Å². The lowest BCUT2D eigenvalue weighted by molar-refractivity contribution is 0.0943. The predicted octanol–water partition coefficient (Wildman–Crippen LogP) is 4.37. The molecular weight excluding hydrogens is 408 g/mol. The van der Waals surface area contributed by atoms with Gasteiger partial charge in [-0.15, -0.1) is 11.3 Å². The first-order chi connectivity index (χ1) is 14.2. The van der Waals surface area contributed by atoms with Crippen LogP contribution in [0, 0.1) is 0 Å². The van der Waals surface area contributed by atoms with Gasteiger partial charge in [0, 0.05) is 16.9 Å². The molecule has 2 aromatic heterocycles. The van der Waals surface area contributed by atoms with Crippen molar-refractivity contribution in [1.29, 1.82) is 0 Å². The molecule has 29 heavy (non-hydrogen) atoms. The summed E-state index contributed by atoms with van der Waals surface area (Å²) in [6.07, 6.45) is 2.03. The van der Waals surface area contributed by atoms with Crippen molar-refractivity contribution in [3.8, 4) is 5.75 Å². The molecular formula is C21H23ClN4O2S. The highest BCUT2D eigenvalue weighted by Gasteiger charge is 2.24. The Morgan fingerprint density at radius 2 is 2.10 bits per heavy atom. The molecule has 6 nitrogen and oxygen atoms in total. The van der Waals surface area contributed by atoms with E-state index < -0.39 is 0 Å². The molecule has 1 aromatic carbocycles. The fourth-order valence-electron chi connectivity index (χ4n) is 3.56. The Bertz CT molecular complexity index is 994. The van der Waals surface area contributed by atoms with Crippen molar-refractivity contribution in [3.05, 3.63) is 62.9 Å². The molecule has 2 N–H and O–H groups in total. The summed E-state index contributed by atoms with van der Waals surface area (Å²) < 4.78 is 7.59. The van der Waals surface area contributed by atoms with Gasteiger partial charge in [0.15, 0.2) is 0 Å². The molecule has 3 heterocycles. The summed E-state index contributed by atoms with van der Waals surface area (Å²) in [4.78, 5) is 14.4. The predicted molar refractivity (Wildman–Crippen MR) is 116 cm³/mol. The second-order valence-corrected chi connectivity index (χ2v) is 8.75. The van der Waals surface area contributed by atoms with E-state index in [-0.39, 0.29) is 5.91 Å². The van der Waals surface area contributed by atoms with E-state index in [1.54, 1.807) is 19.2 Å². The van der Waals surface area contributed by atoms with Gasteiger partial charge in [0.05, 0.1) is 29.2 Å². The summed E-state index contributed by atoms with van der Waals surface area (Å²) in [5.41, 5.74) is 1.43. The van der Waals surface area contributed by atoms with Gasteiger partial charge in [0.2, 0.25) is 0 Å². The summed E-state index contributed by atoms with van der Waals surface area (Å²) in [6, 6.07) is 13.1. The number of halogens is 1. The zero-order valence-electron chi connectivity index (χ0n) is 16.2. The molecule has 1 aliphatic heterocycles. The van der Waals surface area contributed by atoms with Gasteiger partial charge in [-0.2, -0.15) is 9.78 Å². The van der Waals surface area contributed by atoms with Crippen molar-refractivity contribution >= 4 is 34.7 Å². The van der Waals surface area contributed by atoms with E-state index in [2.05, 4.69) is 10.6 Å². The van der Waals surface area contributed by atoms with Crippen molar-refractivity contribution in [1.82, 2.24) is 15.1 Å². The first-order valence-electron chi connectivity index (χ1n) is 9.62. The zero-order chi connectivity index (χ0) is 20.2. The molecule has 4 rings (SSSR count). The molecule has 152 valence electrons. The normalized spacial score (nSPS) is 14.7. The lowest BCUT2D eigenvalue weighted by Gasteiger charge is -2.20. The Morgan fingerprint density at radius 1 is 1.31 bits per heavy atom. The number of carbonyl (C=O) groups excluding carboxylic acids is 1. The number of benzene rings is 1. The van der Waals surface area contributed by atoms with Crippen LogP contribution >= 0.6 is 22.9 Å². The maximum Gasteiger partial charge on any atom is 0.283 e. The van der Waals surface area contributed by atoms with E-state index in [0.29, 0.717) is 29.6 Å². The number of methoxy groups -OCH3 is 1. The zero-order valence-corrected chi connectivity index (χ0v) is 17.7. The van der Waals surface area contributed by atoms with Crippen molar-refractivity contribution in [2.75, 3.05) is 25.5 Å². The molecule has 0 unspecified atom stereocenters. The van der Waals surface area contributed by atoms with Crippen LogP contribution in [0.15, 0.2) is 42.5 Å². The second kappa shape index (κ2) is 8.98. The highest BCUT2D eigenvalue weighted by molar-refractivity contribution is 7.16. The molecule has 0 atom stereocenters. The summed E-state index contributed by atoms with van der Waals surface area (Å²) in [7, 11) is 1.56. The summed E-state index contributed by atoms with van der Waals surface area (Å²) in [6.45, 7) is 2.51. The molecule has 0 spiro atoms. The molecule has 8 heteroatoms. The minimum absolute atomic E-state index is 0.214. The molecule has 3 aromatic rings. The van der Waals surface area contributed by atoms with Gasteiger partial charge in [-0.3, -0.25) is 4.79 Å². The minimum Gasteiger partial charge on any atom is -0.496 e. The number of nitrogens with one attached hydrogen (secondary N) is 2. The van der Waals surface area contributed by atoms with Gasteiger partial charge in [0.1, 0.15) is 11.6 Å². The van der Waals surface area contributed by atoms with E-state index in [9.17, 15) is 4.79 Å². The lowest BCUT2D eigenvalue weighted by Crippen LogP contribution is -2.27. The van der Waals surface area contributed by atoms with Crippen LogP contribution in [-0.4, -0.2) is 35.9 Å². The summed E-state index contributed by atoms with van der Waals surface area (Å²) >= 11 is 7.56. The van der Waals surface area contributed by atoms with Crippen LogP contribution in [-0.2, 0) is 6.54 Å². The smallest absolute Gasteiger partial charge is 0.283 e. The number of rotatable bonds is 6. The van der Waals surface area contributed by atoms with Crippen molar-refractivity contribution in [2.24, 2.45) is 0 Å². The van der Waals surface area contributed by atoms with Gasteiger partial charge in [-0.1, -0.05) is 23.7 Å². The van der Waals surface area contributed by atoms with E-state index in [0.717, 1.165) is 40.8 Å². The number of aromatic nitrogens is 2. The fourth-order valence-corrected chi connectivity index (χ4v) is 4.58. The van der Waals surface area contributed by atoms with Gasteiger partial charge in [0.25, 0.3) is 5.91 Å². The Hall–Kier alpha value is -2.35. The molecule has 0 aliphatic carbocycles. The Balaban J connectivity index is 1.65. The summed E-state index contributed by atoms with van der Waals surface area (Å²) in [5, 5.41) is 11.4. The molecule has 0 saturated carbocycles. The topological polar surface area (TPSA) is 68.2 Å². The fraction of sp³-hybridized carbons (Fsp3) is 0.333. The number of piperidine rings is 1. The van der Waals surface area contributed by atoms with Crippen LogP contribution in [0.2, 0.25) is 4.34 Å². The third-order valence-corrected chi connectivity index (χ3v) is 6.32. The molecule has 1 saturated heterocycles. The molecule has 1 aliphatic rings. The van der Waals surface area contributed by atoms with Crippen LogP contribution in [0.5, 0.6) is 5.75 Å². The van der Waals surface area contributed by atoms with Crippen LogP contribution in [0.3, 0.4) is 0 Å². The minimum atomic E-state index is -0.214. The first kappa shape index (κ1) is 19.9. The van der Waals surface area contributed by atoms with Gasteiger partial charge in [-0.25, -0.2) is 0 Å². The summed E-state index contributed by atoms with van der Waals surface area (Å²) in [5.74, 6) is 1.35. The first-order valence-corrected chi connectivity index (χ1v) is 10.8. The van der Waals surface area contributed by atoms with Gasteiger partial charge in [-0.05, 0) is 50.2 Å². The van der Waals surface area contributed by atoms with Crippen molar-refractivity contribution < 1.29 is 9.53 Å². The largest absolute Gasteiger partial charge is 0.496 e. The SMILES string of the molecule is COc1ccccc1C(=O)n1nc(C2CCNCC2)cc1NCc1ccc(Cl)s1. The number of hydrogen-bond donors (Lipinski definition) is 2. The van der Waals surface area contributed by atoms with Crippen molar-refractivity contribution in [2.45, 2.75) is 25.3 Å². The Morgan fingerprint density at radius 3 is 2.83 bits per heavy atom. The highest BCUT2D eigenvalue weighted by Crippen LogP contribution is 2.29. The maximum absolute atomic E-state index is 13.3. The third-order valence-electron chi connectivity index (χ3n) is 5.09. The average Bonchev–Trinajstić information content (AvgIpc) is 3.38. The molecule has 0 bridgehead atoms. The van der Waals surface area contributed by atoms with E-state index in [4.69, 9.17) is 21.4 Å². The van der Waals surface area contributed by atoms with E-state index in [1.807, 2.05) is 30.3 Å². The number of carbonyl (C=O) groups is 1. The third kappa shape index (κ3) is 4.47. The van der Waals surface area contributed by atoms with Crippen LogP contribution in [0.4, 0.5) is 5.82 Å². The van der Waals surface area contributed by atoms with Gasteiger partial charge >= 0.3 is 0 Å². The monoisotopic (exact) mass is 430 g/mol.